The molecule has 0 aliphatic carbocycles. The number of anilines is 1. The SMILES string of the molecule is COC(=O)c1cc(C(=O)OC)cc(-n2c(C)cc(/C=N/N=C3/C(=O)Nc4ccccc43)c2C)c1. The molecule has 0 saturated heterocycles. The summed E-state index contributed by atoms with van der Waals surface area (Å²) in [6.07, 6.45) is 1.56. The summed E-state index contributed by atoms with van der Waals surface area (Å²) >= 11 is 0. The van der Waals surface area contributed by atoms with Gasteiger partial charge in [-0.25, -0.2) is 9.59 Å². The minimum absolute atomic E-state index is 0.223. The summed E-state index contributed by atoms with van der Waals surface area (Å²) in [6, 6.07) is 13.9. The highest BCUT2D eigenvalue weighted by molar-refractivity contribution is 6.53. The zero-order chi connectivity index (χ0) is 24.4. The lowest BCUT2D eigenvalue weighted by Crippen LogP contribution is -2.13. The third-order valence-corrected chi connectivity index (χ3v) is 5.49. The van der Waals surface area contributed by atoms with Crippen molar-refractivity contribution in [3.05, 3.63) is 82.2 Å². The van der Waals surface area contributed by atoms with Crippen LogP contribution in [0.1, 0.15) is 43.2 Å². The first-order chi connectivity index (χ1) is 16.3. The summed E-state index contributed by atoms with van der Waals surface area (Å²) in [6.45, 7) is 3.77. The molecule has 3 aromatic rings. The molecular formula is C25H22N4O5. The highest BCUT2D eigenvalue weighted by Gasteiger charge is 2.25. The Kier molecular flexibility index (Phi) is 6.09. The molecule has 0 saturated carbocycles. The number of ether oxygens (including phenoxy) is 2. The first-order valence-electron chi connectivity index (χ1n) is 10.4. The second-order valence-corrected chi connectivity index (χ2v) is 7.61. The number of amides is 1. The summed E-state index contributed by atoms with van der Waals surface area (Å²) in [5, 5.41) is 11.0. The highest BCUT2D eigenvalue weighted by atomic mass is 16.5. The summed E-state index contributed by atoms with van der Waals surface area (Å²) in [5.41, 5.74) is 5.08. The number of nitrogens with one attached hydrogen (secondary N) is 1. The van der Waals surface area contributed by atoms with Gasteiger partial charge in [-0.15, -0.1) is 5.10 Å². The second-order valence-electron chi connectivity index (χ2n) is 7.61. The maximum absolute atomic E-state index is 12.2. The first-order valence-corrected chi connectivity index (χ1v) is 10.4. The Bertz CT molecular complexity index is 1350. The zero-order valence-electron chi connectivity index (χ0n) is 19.1. The van der Waals surface area contributed by atoms with Gasteiger partial charge in [-0.05, 0) is 44.2 Å². The number of benzene rings is 2. The van der Waals surface area contributed by atoms with Gasteiger partial charge in [-0.3, -0.25) is 4.79 Å². The number of carbonyl (C=O) groups excluding carboxylic acids is 3. The fraction of sp³-hybridized carbons (Fsp3) is 0.160. The van der Waals surface area contributed by atoms with Crippen molar-refractivity contribution in [2.24, 2.45) is 10.2 Å². The highest BCUT2D eigenvalue weighted by Crippen LogP contribution is 2.24. The Morgan fingerprint density at radius 2 is 1.62 bits per heavy atom. The van der Waals surface area contributed by atoms with E-state index in [2.05, 4.69) is 15.5 Å². The van der Waals surface area contributed by atoms with E-state index in [1.165, 1.54) is 20.3 Å². The molecule has 1 amide bonds. The third kappa shape index (κ3) is 4.11. The smallest absolute Gasteiger partial charge is 0.337 e. The van der Waals surface area contributed by atoms with Gasteiger partial charge in [0, 0.05) is 28.2 Å². The average Bonchev–Trinajstić information content (AvgIpc) is 3.32. The molecule has 172 valence electrons. The second kappa shape index (κ2) is 9.14. The van der Waals surface area contributed by atoms with Crippen LogP contribution in [0.4, 0.5) is 5.69 Å². The Labute approximate surface area is 195 Å². The van der Waals surface area contributed by atoms with Crippen LogP contribution in [0.3, 0.4) is 0 Å². The van der Waals surface area contributed by atoms with Crippen LogP contribution >= 0.6 is 0 Å². The van der Waals surface area contributed by atoms with Crippen LogP contribution in [0.25, 0.3) is 5.69 Å². The lowest BCUT2D eigenvalue weighted by atomic mass is 10.1. The van der Waals surface area contributed by atoms with Crippen LogP contribution < -0.4 is 5.32 Å². The molecule has 4 rings (SSSR count). The molecule has 0 spiro atoms. The molecular weight excluding hydrogens is 436 g/mol. The lowest BCUT2D eigenvalue weighted by Gasteiger charge is -2.13. The van der Waals surface area contributed by atoms with E-state index in [0.29, 0.717) is 16.9 Å². The molecule has 2 heterocycles. The van der Waals surface area contributed by atoms with Gasteiger partial charge in [0.25, 0.3) is 5.91 Å². The zero-order valence-corrected chi connectivity index (χ0v) is 19.1. The molecule has 9 nitrogen and oxygen atoms in total. The molecule has 9 heteroatoms. The van der Waals surface area contributed by atoms with E-state index in [4.69, 9.17) is 9.47 Å². The minimum atomic E-state index is -0.567. The largest absolute Gasteiger partial charge is 0.465 e. The molecule has 1 aliphatic heterocycles. The van der Waals surface area contributed by atoms with Crippen molar-refractivity contribution in [1.29, 1.82) is 0 Å². The van der Waals surface area contributed by atoms with Crippen molar-refractivity contribution in [2.45, 2.75) is 13.8 Å². The monoisotopic (exact) mass is 458 g/mol. The predicted molar refractivity (Wildman–Crippen MR) is 127 cm³/mol. The van der Waals surface area contributed by atoms with Crippen molar-refractivity contribution in [1.82, 2.24) is 4.57 Å². The van der Waals surface area contributed by atoms with Crippen LogP contribution in [0.2, 0.25) is 0 Å². The molecule has 0 fully saturated rings. The van der Waals surface area contributed by atoms with E-state index in [1.54, 1.807) is 30.5 Å². The van der Waals surface area contributed by atoms with Gasteiger partial charge in [-0.1, -0.05) is 18.2 Å². The number of rotatable bonds is 5. The van der Waals surface area contributed by atoms with Crippen LogP contribution in [-0.4, -0.2) is 48.6 Å². The number of aromatic nitrogens is 1. The van der Waals surface area contributed by atoms with Gasteiger partial charge in [0.1, 0.15) is 0 Å². The van der Waals surface area contributed by atoms with Crippen molar-refractivity contribution in [3.63, 3.8) is 0 Å². The maximum Gasteiger partial charge on any atom is 0.337 e. The average molecular weight is 458 g/mol. The number of fused-ring (bicyclic) bond motifs is 1. The number of methoxy groups -OCH3 is 2. The molecule has 34 heavy (non-hydrogen) atoms. The predicted octanol–water partition coefficient (Wildman–Crippen LogP) is 3.44. The number of nitrogens with zero attached hydrogens (tertiary/aromatic N) is 3. The van der Waals surface area contributed by atoms with E-state index in [-0.39, 0.29) is 22.7 Å². The fourth-order valence-electron chi connectivity index (χ4n) is 3.88. The topological polar surface area (TPSA) is 111 Å². The van der Waals surface area contributed by atoms with Crippen molar-refractivity contribution >= 4 is 35.5 Å². The number of hydrogen-bond acceptors (Lipinski definition) is 7. The lowest BCUT2D eigenvalue weighted by molar-refractivity contribution is -0.110. The van der Waals surface area contributed by atoms with E-state index in [9.17, 15) is 14.4 Å². The molecule has 0 bridgehead atoms. The van der Waals surface area contributed by atoms with E-state index < -0.39 is 11.9 Å². The molecule has 1 aromatic heterocycles. The number of para-hydroxylation sites is 1. The van der Waals surface area contributed by atoms with Gasteiger partial charge in [0.2, 0.25) is 0 Å². The molecule has 0 radical (unpaired) electrons. The van der Waals surface area contributed by atoms with Crippen LogP contribution in [0.15, 0.2) is 58.7 Å². The van der Waals surface area contributed by atoms with Gasteiger partial charge >= 0.3 is 11.9 Å². The van der Waals surface area contributed by atoms with Crippen LogP contribution in [0.5, 0.6) is 0 Å². The Balaban J connectivity index is 1.72. The number of aryl methyl sites for hydroxylation is 1. The van der Waals surface area contributed by atoms with Gasteiger partial charge < -0.3 is 19.4 Å². The Morgan fingerprint density at radius 1 is 0.971 bits per heavy atom. The normalized spacial score (nSPS) is 13.8. The van der Waals surface area contributed by atoms with Crippen molar-refractivity contribution in [2.75, 3.05) is 19.5 Å². The summed E-state index contributed by atoms with van der Waals surface area (Å²) in [4.78, 5) is 36.5. The first kappa shape index (κ1) is 22.7. The van der Waals surface area contributed by atoms with Crippen LogP contribution in [-0.2, 0) is 14.3 Å². The molecule has 1 N–H and O–H groups in total. The quantitative estimate of drug-likeness (QED) is 0.358. The third-order valence-electron chi connectivity index (χ3n) is 5.49. The van der Waals surface area contributed by atoms with Gasteiger partial charge in [-0.2, -0.15) is 5.10 Å². The molecule has 0 atom stereocenters. The van der Waals surface area contributed by atoms with E-state index in [1.807, 2.05) is 36.6 Å². The summed E-state index contributed by atoms with van der Waals surface area (Å²) < 4.78 is 11.5. The molecule has 0 unspecified atom stereocenters. The number of carbonyl (C=O) groups is 3. The van der Waals surface area contributed by atoms with Gasteiger partial charge in [0.05, 0.1) is 37.2 Å². The van der Waals surface area contributed by atoms with Crippen molar-refractivity contribution in [3.8, 4) is 5.69 Å². The van der Waals surface area contributed by atoms with Gasteiger partial charge in [0.15, 0.2) is 5.71 Å². The summed E-state index contributed by atoms with van der Waals surface area (Å²) in [5.74, 6) is -1.44. The number of hydrogen-bond donors (Lipinski definition) is 1. The Hall–Kier alpha value is -4.53. The van der Waals surface area contributed by atoms with E-state index >= 15 is 0 Å². The van der Waals surface area contributed by atoms with E-state index in [0.717, 1.165) is 17.0 Å². The van der Waals surface area contributed by atoms with Crippen LogP contribution in [0, 0.1) is 13.8 Å². The fourth-order valence-corrected chi connectivity index (χ4v) is 3.88. The Morgan fingerprint density at radius 3 is 2.26 bits per heavy atom. The number of esters is 2. The molecule has 2 aromatic carbocycles. The summed E-state index contributed by atoms with van der Waals surface area (Å²) in [7, 11) is 2.55. The minimum Gasteiger partial charge on any atom is -0.465 e. The van der Waals surface area contributed by atoms with Crippen molar-refractivity contribution < 1.29 is 23.9 Å². The maximum atomic E-state index is 12.2. The standard InChI is InChI=1S/C25H22N4O5/c1-14-9-18(13-26-28-22-20-7-5-6-8-21(20)27-23(22)30)15(2)29(14)19-11-16(24(31)33-3)10-17(12-19)25(32)34-4/h5-13H,1-4H3,(H,27,28,30)/b26-13+. The molecule has 1 aliphatic rings.